The summed E-state index contributed by atoms with van der Waals surface area (Å²) in [7, 11) is 3.26. The lowest BCUT2D eigenvalue weighted by atomic mass is 9.98. The first kappa shape index (κ1) is 29.6. The number of carbonyl (C=O) groups excluding carboxylic acids is 2. The number of nitrogens with zero attached hydrogens (tertiary/aromatic N) is 2. The molecular weight excluding hydrogens is 487 g/mol. The Bertz CT molecular complexity index is 1110. The maximum Gasteiger partial charge on any atom is 0.254 e. The van der Waals surface area contributed by atoms with Crippen molar-refractivity contribution in [1.29, 1.82) is 0 Å². The van der Waals surface area contributed by atoms with Gasteiger partial charge in [-0.3, -0.25) is 9.59 Å². The highest BCUT2D eigenvalue weighted by atomic mass is 19.1. The van der Waals surface area contributed by atoms with Gasteiger partial charge in [-0.05, 0) is 70.0 Å². The zero-order valence-electron chi connectivity index (χ0n) is 23.5. The molecule has 3 rings (SSSR count). The Morgan fingerprint density at radius 2 is 1.79 bits per heavy atom. The van der Waals surface area contributed by atoms with E-state index in [0.717, 1.165) is 12.8 Å². The monoisotopic (exact) mass is 528 g/mol. The minimum absolute atomic E-state index is 0.0110. The van der Waals surface area contributed by atoms with Gasteiger partial charge in [0.25, 0.3) is 11.8 Å². The number of likely N-dealkylation sites (tertiary alicyclic amines) is 1. The van der Waals surface area contributed by atoms with Crippen molar-refractivity contribution in [2.24, 2.45) is 0 Å². The highest BCUT2D eigenvalue weighted by Gasteiger charge is 2.28. The highest BCUT2D eigenvalue weighted by molar-refractivity contribution is 5.97. The Kier molecular flexibility index (Phi) is 10.7. The molecule has 1 saturated heterocycles. The van der Waals surface area contributed by atoms with Gasteiger partial charge in [-0.15, -0.1) is 0 Å². The molecule has 0 aromatic heterocycles. The van der Waals surface area contributed by atoms with Gasteiger partial charge in [-0.1, -0.05) is 6.92 Å². The number of amides is 2. The lowest BCUT2D eigenvalue weighted by Gasteiger charge is -2.32. The summed E-state index contributed by atoms with van der Waals surface area (Å²) in [5.41, 5.74) is 1.61. The summed E-state index contributed by atoms with van der Waals surface area (Å²) in [5, 5.41) is 0. The Labute approximate surface area is 225 Å². The van der Waals surface area contributed by atoms with Crippen molar-refractivity contribution in [3.8, 4) is 16.9 Å². The summed E-state index contributed by atoms with van der Waals surface area (Å²) < 4.78 is 31.8. The molecule has 38 heavy (non-hydrogen) atoms. The minimum atomic E-state index is -0.470. The van der Waals surface area contributed by atoms with Crippen LogP contribution in [0.3, 0.4) is 0 Å². The first-order valence-corrected chi connectivity index (χ1v) is 13.4. The van der Waals surface area contributed by atoms with Gasteiger partial charge in [-0.25, -0.2) is 4.39 Å². The Morgan fingerprint density at radius 1 is 1.05 bits per heavy atom. The van der Waals surface area contributed by atoms with E-state index in [1.165, 1.54) is 12.1 Å². The van der Waals surface area contributed by atoms with E-state index in [9.17, 15) is 9.59 Å². The van der Waals surface area contributed by atoms with Crippen molar-refractivity contribution < 1.29 is 28.2 Å². The predicted octanol–water partition coefficient (Wildman–Crippen LogP) is 5.42. The molecule has 1 fully saturated rings. The van der Waals surface area contributed by atoms with Gasteiger partial charge in [0, 0.05) is 74.7 Å². The Balaban J connectivity index is 1.99. The lowest BCUT2D eigenvalue weighted by molar-refractivity contribution is 0.0620. The van der Waals surface area contributed by atoms with E-state index in [1.54, 1.807) is 43.4 Å². The minimum Gasteiger partial charge on any atom is -0.493 e. The third-order valence-corrected chi connectivity index (χ3v) is 7.10. The molecule has 7 nitrogen and oxygen atoms in total. The van der Waals surface area contributed by atoms with Crippen LogP contribution in [0.4, 0.5) is 4.39 Å². The van der Waals surface area contributed by atoms with Crippen molar-refractivity contribution in [3.05, 3.63) is 53.3 Å². The second-order valence-electron chi connectivity index (χ2n) is 10.1. The van der Waals surface area contributed by atoms with Crippen LogP contribution in [0, 0.1) is 5.82 Å². The standard InChI is InChI=1S/C30H41FN2O5/c1-7-21(4)33(20(2)3)30(35)23-9-11-25(28(18-23)38-16-8-15-36-5)26-17-22(10-12-27(26)31)29(34)32-14-13-24(19-32)37-6/h9-12,17-18,20-21,24H,7-8,13-16,19H2,1-6H3/t21-,24?/m1/s1. The number of benzene rings is 2. The van der Waals surface area contributed by atoms with Gasteiger partial charge >= 0.3 is 0 Å². The quantitative estimate of drug-likeness (QED) is 0.344. The number of halogens is 1. The van der Waals surface area contributed by atoms with E-state index in [2.05, 4.69) is 6.92 Å². The molecule has 2 atom stereocenters. The summed E-state index contributed by atoms with van der Waals surface area (Å²) in [6.07, 6.45) is 2.25. The molecule has 1 heterocycles. The first-order valence-electron chi connectivity index (χ1n) is 13.4. The van der Waals surface area contributed by atoms with Gasteiger partial charge in [0.05, 0.1) is 12.7 Å². The number of carbonyl (C=O) groups is 2. The maximum absolute atomic E-state index is 15.2. The van der Waals surface area contributed by atoms with Gasteiger partial charge < -0.3 is 24.0 Å². The van der Waals surface area contributed by atoms with Gasteiger partial charge in [0.15, 0.2) is 0 Å². The van der Waals surface area contributed by atoms with Crippen LogP contribution in [0.5, 0.6) is 5.75 Å². The van der Waals surface area contributed by atoms with E-state index in [0.29, 0.717) is 55.2 Å². The fraction of sp³-hybridized carbons (Fsp3) is 0.533. The van der Waals surface area contributed by atoms with Gasteiger partial charge in [0.2, 0.25) is 0 Å². The van der Waals surface area contributed by atoms with Crippen LogP contribution < -0.4 is 4.74 Å². The summed E-state index contributed by atoms with van der Waals surface area (Å²) in [6, 6.07) is 9.56. The molecule has 1 aliphatic rings. The molecule has 2 amide bonds. The van der Waals surface area contributed by atoms with E-state index >= 15 is 4.39 Å². The third kappa shape index (κ3) is 6.91. The molecule has 0 N–H and O–H groups in total. The molecule has 1 aliphatic heterocycles. The number of ether oxygens (including phenoxy) is 3. The SMILES string of the molecule is CC[C@@H](C)N(C(=O)c1ccc(-c2cc(C(=O)N3CCC(OC)C3)ccc2F)c(OCCCOC)c1)C(C)C. The summed E-state index contributed by atoms with van der Waals surface area (Å²) in [6.45, 7) is 10.0. The Hall–Kier alpha value is -2.97. The first-order chi connectivity index (χ1) is 18.2. The van der Waals surface area contributed by atoms with Crippen LogP contribution in [-0.4, -0.2) is 80.3 Å². The molecule has 0 bridgehead atoms. The van der Waals surface area contributed by atoms with Crippen molar-refractivity contribution in [1.82, 2.24) is 9.80 Å². The largest absolute Gasteiger partial charge is 0.493 e. The van der Waals surface area contributed by atoms with Crippen LogP contribution >= 0.6 is 0 Å². The molecule has 0 aliphatic carbocycles. The summed E-state index contributed by atoms with van der Waals surface area (Å²) in [4.78, 5) is 30.2. The van der Waals surface area contributed by atoms with E-state index in [-0.39, 0.29) is 35.6 Å². The van der Waals surface area contributed by atoms with Crippen molar-refractivity contribution >= 4 is 11.8 Å². The van der Waals surface area contributed by atoms with Gasteiger partial charge in [-0.2, -0.15) is 0 Å². The molecule has 0 saturated carbocycles. The molecule has 0 radical (unpaired) electrons. The van der Waals surface area contributed by atoms with Crippen LogP contribution in [0.15, 0.2) is 36.4 Å². The summed E-state index contributed by atoms with van der Waals surface area (Å²) >= 11 is 0. The molecule has 1 unspecified atom stereocenters. The molecule has 8 heteroatoms. The molecular formula is C30H41FN2O5. The smallest absolute Gasteiger partial charge is 0.254 e. The fourth-order valence-electron chi connectivity index (χ4n) is 4.82. The van der Waals surface area contributed by atoms with Crippen molar-refractivity contribution in [3.63, 3.8) is 0 Å². The van der Waals surface area contributed by atoms with Crippen LogP contribution in [0.2, 0.25) is 0 Å². The normalized spacial score (nSPS) is 16.1. The molecule has 208 valence electrons. The van der Waals surface area contributed by atoms with E-state index < -0.39 is 5.82 Å². The number of hydrogen-bond acceptors (Lipinski definition) is 5. The molecule has 2 aromatic carbocycles. The number of methoxy groups -OCH3 is 2. The topological polar surface area (TPSA) is 68.3 Å². The predicted molar refractivity (Wildman–Crippen MR) is 146 cm³/mol. The third-order valence-electron chi connectivity index (χ3n) is 7.10. The van der Waals surface area contributed by atoms with Crippen LogP contribution in [0.25, 0.3) is 11.1 Å². The number of rotatable bonds is 12. The van der Waals surface area contributed by atoms with E-state index in [1.807, 2.05) is 25.7 Å². The van der Waals surface area contributed by atoms with Crippen molar-refractivity contribution in [2.45, 2.75) is 65.1 Å². The average molecular weight is 529 g/mol. The summed E-state index contributed by atoms with van der Waals surface area (Å²) in [5.74, 6) is -0.346. The average Bonchev–Trinajstić information content (AvgIpc) is 3.40. The van der Waals surface area contributed by atoms with E-state index in [4.69, 9.17) is 14.2 Å². The molecule has 2 aromatic rings. The Morgan fingerprint density at radius 3 is 2.42 bits per heavy atom. The lowest BCUT2D eigenvalue weighted by Crippen LogP contribution is -2.43. The highest BCUT2D eigenvalue weighted by Crippen LogP contribution is 2.35. The van der Waals surface area contributed by atoms with Gasteiger partial charge in [0.1, 0.15) is 11.6 Å². The zero-order chi connectivity index (χ0) is 27.8. The maximum atomic E-state index is 15.2. The van der Waals surface area contributed by atoms with Crippen molar-refractivity contribution in [2.75, 3.05) is 40.5 Å². The zero-order valence-corrected chi connectivity index (χ0v) is 23.5. The fourth-order valence-corrected chi connectivity index (χ4v) is 4.82. The van der Waals surface area contributed by atoms with Crippen LogP contribution in [-0.2, 0) is 9.47 Å². The van der Waals surface area contributed by atoms with Crippen LogP contribution in [0.1, 0.15) is 67.7 Å². The molecule has 0 spiro atoms. The second-order valence-corrected chi connectivity index (χ2v) is 10.1. The second kappa shape index (κ2) is 13.7. The number of hydrogen-bond donors (Lipinski definition) is 0.